The standard InChI is InChI=1S/C22H30O2S/c1-15-12-13-19(22(6,7)8)16(2)20(15)25(23,24)18-11-9-10-17(14-18)21(3,4)5/h9-14H,1-8H3. The van der Waals surface area contributed by atoms with Crippen molar-refractivity contribution in [2.24, 2.45) is 0 Å². The van der Waals surface area contributed by atoms with Crippen LogP contribution in [0.4, 0.5) is 0 Å². The second-order valence-electron chi connectivity index (χ2n) is 8.92. The Morgan fingerprint density at radius 3 is 1.92 bits per heavy atom. The van der Waals surface area contributed by atoms with Crippen molar-refractivity contribution in [3.05, 3.63) is 58.7 Å². The van der Waals surface area contributed by atoms with Gasteiger partial charge in [0.1, 0.15) is 0 Å². The van der Waals surface area contributed by atoms with Crippen LogP contribution in [0.2, 0.25) is 0 Å². The molecule has 0 atom stereocenters. The van der Waals surface area contributed by atoms with E-state index in [0.717, 1.165) is 22.3 Å². The van der Waals surface area contributed by atoms with E-state index in [1.54, 1.807) is 6.07 Å². The van der Waals surface area contributed by atoms with Gasteiger partial charge in [-0.25, -0.2) is 8.42 Å². The van der Waals surface area contributed by atoms with Gasteiger partial charge in [0.15, 0.2) is 0 Å². The average molecular weight is 359 g/mol. The van der Waals surface area contributed by atoms with E-state index in [1.807, 2.05) is 38.1 Å². The minimum absolute atomic E-state index is 0.0944. The maximum absolute atomic E-state index is 13.4. The molecule has 0 N–H and O–H groups in total. The van der Waals surface area contributed by atoms with Crippen LogP contribution < -0.4 is 0 Å². The lowest BCUT2D eigenvalue weighted by Gasteiger charge is -2.25. The highest BCUT2D eigenvalue weighted by atomic mass is 32.2. The summed E-state index contributed by atoms with van der Waals surface area (Å²) < 4.78 is 26.9. The highest BCUT2D eigenvalue weighted by molar-refractivity contribution is 7.91. The van der Waals surface area contributed by atoms with Crippen LogP contribution in [0.3, 0.4) is 0 Å². The van der Waals surface area contributed by atoms with Crippen LogP contribution in [0.25, 0.3) is 0 Å². The van der Waals surface area contributed by atoms with Crippen LogP contribution >= 0.6 is 0 Å². The van der Waals surface area contributed by atoms with Gasteiger partial charge in [0.05, 0.1) is 9.79 Å². The van der Waals surface area contributed by atoms with Crippen molar-refractivity contribution in [1.29, 1.82) is 0 Å². The van der Waals surface area contributed by atoms with E-state index >= 15 is 0 Å². The first-order valence-electron chi connectivity index (χ1n) is 8.72. The molecule has 136 valence electrons. The van der Waals surface area contributed by atoms with Crippen molar-refractivity contribution in [3.8, 4) is 0 Å². The third kappa shape index (κ3) is 3.82. The fourth-order valence-corrected chi connectivity index (χ4v) is 5.08. The van der Waals surface area contributed by atoms with E-state index in [1.165, 1.54) is 0 Å². The summed E-state index contributed by atoms with van der Waals surface area (Å²) in [5.74, 6) is 0. The zero-order chi connectivity index (χ0) is 19.2. The molecule has 0 aliphatic carbocycles. The Labute approximate surface area is 153 Å². The summed E-state index contributed by atoms with van der Waals surface area (Å²) in [6, 6.07) is 11.3. The van der Waals surface area contributed by atoms with Crippen molar-refractivity contribution in [1.82, 2.24) is 0 Å². The zero-order valence-corrected chi connectivity index (χ0v) is 17.5. The molecule has 0 spiro atoms. The summed E-state index contributed by atoms with van der Waals surface area (Å²) >= 11 is 0. The first-order valence-corrected chi connectivity index (χ1v) is 10.2. The normalized spacial score (nSPS) is 13.1. The highest BCUT2D eigenvalue weighted by Gasteiger charge is 2.28. The van der Waals surface area contributed by atoms with Crippen molar-refractivity contribution >= 4 is 9.84 Å². The summed E-state index contributed by atoms with van der Waals surface area (Å²) in [5.41, 5.74) is 3.55. The average Bonchev–Trinajstić information content (AvgIpc) is 2.44. The molecule has 0 aliphatic rings. The lowest BCUT2D eigenvalue weighted by molar-refractivity contribution is 0.576. The van der Waals surface area contributed by atoms with Gasteiger partial charge in [0.25, 0.3) is 0 Å². The minimum atomic E-state index is -3.57. The number of hydrogen-bond acceptors (Lipinski definition) is 2. The van der Waals surface area contributed by atoms with E-state index in [-0.39, 0.29) is 10.8 Å². The molecule has 0 aromatic heterocycles. The summed E-state index contributed by atoms with van der Waals surface area (Å²) in [7, 11) is -3.57. The molecule has 0 aliphatic heterocycles. The summed E-state index contributed by atoms with van der Waals surface area (Å²) in [6.07, 6.45) is 0. The molecule has 0 amide bonds. The lowest BCUT2D eigenvalue weighted by Crippen LogP contribution is -2.17. The summed E-state index contributed by atoms with van der Waals surface area (Å²) in [4.78, 5) is 0.822. The number of aryl methyl sites for hydroxylation is 1. The van der Waals surface area contributed by atoms with Gasteiger partial charge in [-0.2, -0.15) is 0 Å². The molecule has 0 saturated heterocycles. The van der Waals surface area contributed by atoms with Crippen LogP contribution in [-0.4, -0.2) is 8.42 Å². The quantitative estimate of drug-likeness (QED) is 0.687. The Hall–Kier alpha value is -1.61. The minimum Gasteiger partial charge on any atom is -0.218 e. The van der Waals surface area contributed by atoms with Gasteiger partial charge in [-0.05, 0) is 59.1 Å². The molecule has 3 heteroatoms. The van der Waals surface area contributed by atoms with E-state index < -0.39 is 9.84 Å². The molecular formula is C22H30O2S. The van der Waals surface area contributed by atoms with Crippen LogP contribution in [-0.2, 0) is 20.7 Å². The van der Waals surface area contributed by atoms with E-state index in [2.05, 4.69) is 47.6 Å². The van der Waals surface area contributed by atoms with Crippen LogP contribution in [0, 0.1) is 13.8 Å². The van der Waals surface area contributed by atoms with E-state index in [4.69, 9.17) is 0 Å². The SMILES string of the molecule is Cc1ccc(C(C)(C)C)c(C)c1S(=O)(=O)c1cccc(C(C)(C)C)c1. The molecule has 0 radical (unpaired) electrons. The van der Waals surface area contributed by atoms with Gasteiger partial charge >= 0.3 is 0 Å². The maximum atomic E-state index is 13.4. The monoisotopic (exact) mass is 358 g/mol. The van der Waals surface area contributed by atoms with Gasteiger partial charge in [-0.3, -0.25) is 0 Å². The van der Waals surface area contributed by atoms with Gasteiger partial charge in [-0.1, -0.05) is 65.8 Å². The first kappa shape index (κ1) is 19.7. The lowest BCUT2D eigenvalue weighted by atomic mass is 9.83. The molecule has 0 heterocycles. The zero-order valence-electron chi connectivity index (χ0n) is 16.7. The highest BCUT2D eigenvalue weighted by Crippen LogP contribution is 2.35. The largest absolute Gasteiger partial charge is 0.218 e. The van der Waals surface area contributed by atoms with Crippen molar-refractivity contribution in [2.45, 2.75) is 76.0 Å². The van der Waals surface area contributed by atoms with E-state index in [0.29, 0.717) is 9.79 Å². The van der Waals surface area contributed by atoms with Crippen LogP contribution in [0.5, 0.6) is 0 Å². The van der Waals surface area contributed by atoms with Gasteiger partial charge in [0, 0.05) is 0 Å². The molecule has 2 nitrogen and oxygen atoms in total. The molecule has 0 bridgehead atoms. The molecular weight excluding hydrogens is 328 g/mol. The van der Waals surface area contributed by atoms with Gasteiger partial charge < -0.3 is 0 Å². The fourth-order valence-electron chi connectivity index (χ4n) is 3.30. The number of sulfone groups is 1. The Morgan fingerprint density at radius 2 is 1.40 bits per heavy atom. The predicted octanol–water partition coefficient (Wildman–Crippen LogP) is 5.73. The number of hydrogen-bond donors (Lipinski definition) is 0. The van der Waals surface area contributed by atoms with Crippen LogP contribution in [0.15, 0.2) is 46.2 Å². The molecule has 2 aromatic rings. The van der Waals surface area contributed by atoms with Crippen molar-refractivity contribution < 1.29 is 8.42 Å². The summed E-state index contributed by atoms with van der Waals surface area (Å²) in [5, 5.41) is 0. The van der Waals surface area contributed by atoms with Crippen LogP contribution in [0.1, 0.15) is 63.8 Å². The van der Waals surface area contributed by atoms with Crippen molar-refractivity contribution in [2.75, 3.05) is 0 Å². The molecule has 2 rings (SSSR count). The van der Waals surface area contributed by atoms with Gasteiger partial charge in [-0.15, -0.1) is 0 Å². The topological polar surface area (TPSA) is 34.1 Å². The third-order valence-corrected chi connectivity index (χ3v) is 6.73. The molecule has 25 heavy (non-hydrogen) atoms. The Kier molecular flexibility index (Phi) is 4.95. The predicted molar refractivity (Wildman–Crippen MR) is 105 cm³/mol. The molecule has 0 fully saturated rings. The Balaban J connectivity index is 2.74. The third-order valence-electron chi connectivity index (χ3n) is 4.69. The van der Waals surface area contributed by atoms with E-state index in [9.17, 15) is 8.42 Å². The molecule has 2 aromatic carbocycles. The molecule has 0 unspecified atom stereocenters. The Bertz CT molecular complexity index is 893. The second kappa shape index (κ2) is 6.28. The number of rotatable bonds is 2. The summed E-state index contributed by atoms with van der Waals surface area (Å²) in [6.45, 7) is 16.4. The first-order chi connectivity index (χ1) is 11.3. The number of benzene rings is 2. The van der Waals surface area contributed by atoms with Gasteiger partial charge in [0.2, 0.25) is 9.84 Å². The maximum Gasteiger partial charge on any atom is 0.207 e. The smallest absolute Gasteiger partial charge is 0.207 e. The van der Waals surface area contributed by atoms with Crippen molar-refractivity contribution in [3.63, 3.8) is 0 Å². The Morgan fingerprint density at radius 1 is 0.800 bits per heavy atom. The molecule has 0 saturated carbocycles. The second-order valence-corrected chi connectivity index (χ2v) is 10.8. The fraction of sp³-hybridized carbons (Fsp3) is 0.455.